The molecule has 1 aromatic carbocycles. The molecule has 0 aliphatic carbocycles. The fourth-order valence-electron chi connectivity index (χ4n) is 2.58. The number of aryl methyl sites for hydroxylation is 2. The van der Waals surface area contributed by atoms with Crippen molar-refractivity contribution in [3.05, 3.63) is 39.7 Å². The van der Waals surface area contributed by atoms with E-state index in [1.807, 2.05) is 20.9 Å². The topological polar surface area (TPSA) is 46.4 Å². The van der Waals surface area contributed by atoms with Gasteiger partial charge in [-0.05, 0) is 33.3 Å². The summed E-state index contributed by atoms with van der Waals surface area (Å²) in [6.45, 7) is 9.41. The minimum absolute atomic E-state index is 0.0867. The smallest absolute Gasteiger partial charge is 0.275 e. The summed E-state index contributed by atoms with van der Waals surface area (Å²) in [6.07, 6.45) is 0. The first-order valence-electron chi connectivity index (χ1n) is 7.98. The lowest BCUT2D eigenvalue weighted by atomic mass is 10.0. The zero-order valence-electron chi connectivity index (χ0n) is 14.6. The van der Waals surface area contributed by atoms with Crippen molar-refractivity contribution >= 4 is 17.2 Å². The van der Waals surface area contributed by atoms with Crippen LogP contribution in [0.2, 0.25) is 0 Å². The van der Waals surface area contributed by atoms with Gasteiger partial charge in [0.15, 0.2) is 6.54 Å². The first-order valence-corrected chi connectivity index (χ1v) is 8.86. The van der Waals surface area contributed by atoms with Crippen LogP contribution in [-0.4, -0.2) is 30.5 Å². The minimum Gasteiger partial charge on any atom is -0.349 e. The van der Waals surface area contributed by atoms with Gasteiger partial charge in [-0.2, -0.15) is 0 Å². The van der Waals surface area contributed by atoms with E-state index in [9.17, 15) is 4.79 Å². The van der Waals surface area contributed by atoms with E-state index in [2.05, 4.69) is 42.7 Å². The highest BCUT2D eigenvalue weighted by atomic mass is 32.1. The van der Waals surface area contributed by atoms with Crippen molar-refractivity contribution in [2.45, 2.75) is 40.3 Å². The number of aromatic nitrogens is 1. The molecule has 1 atom stereocenters. The molecule has 4 nitrogen and oxygen atoms in total. The summed E-state index contributed by atoms with van der Waals surface area (Å²) in [5, 5.41) is 6.10. The standard InChI is InChI=1S/C18H25N3OS/c1-12(2)19-17(22)9-21(5)10-18-20-16(11-23-18)15-7-6-13(3)8-14(15)4/h6-8,11-12H,9-10H2,1-5H3,(H,19,22)/p+1. The molecular weight excluding hydrogens is 306 g/mol. The van der Waals surface area contributed by atoms with Gasteiger partial charge in [-0.15, -0.1) is 11.3 Å². The maximum absolute atomic E-state index is 11.8. The fourth-order valence-corrected chi connectivity index (χ4v) is 3.49. The molecule has 1 unspecified atom stereocenters. The van der Waals surface area contributed by atoms with Crippen molar-refractivity contribution in [3.63, 3.8) is 0 Å². The molecule has 2 rings (SSSR count). The molecule has 0 aliphatic heterocycles. The first kappa shape index (κ1) is 17.6. The highest BCUT2D eigenvalue weighted by Crippen LogP contribution is 2.25. The van der Waals surface area contributed by atoms with Crippen LogP contribution in [0.25, 0.3) is 11.3 Å². The summed E-state index contributed by atoms with van der Waals surface area (Å²) < 4.78 is 0. The third-order valence-corrected chi connectivity index (χ3v) is 4.42. The van der Waals surface area contributed by atoms with Crippen molar-refractivity contribution < 1.29 is 9.69 Å². The molecule has 124 valence electrons. The predicted octanol–water partition coefficient (Wildman–Crippen LogP) is 1.97. The van der Waals surface area contributed by atoms with Crippen LogP contribution in [0.5, 0.6) is 0 Å². The Labute approximate surface area is 142 Å². The van der Waals surface area contributed by atoms with Crippen LogP contribution in [0, 0.1) is 13.8 Å². The van der Waals surface area contributed by atoms with Crippen molar-refractivity contribution in [3.8, 4) is 11.3 Å². The molecule has 5 heteroatoms. The van der Waals surface area contributed by atoms with Crippen LogP contribution in [-0.2, 0) is 11.3 Å². The van der Waals surface area contributed by atoms with Gasteiger partial charge in [0.1, 0.15) is 11.6 Å². The third-order valence-electron chi connectivity index (χ3n) is 3.57. The predicted molar refractivity (Wildman–Crippen MR) is 95.8 cm³/mol. The second-order valence-corrected chi connectivity index (χ2v) is 7.42. The molecule has 0 saturated carbocycles. The molecule has 2 aromatic rings. The molecule has 0 fully saturated rings. The first-order chi connectivity index (χ1) is 10.8. The Morgan fingerprint density at radius 2 is 2.09 bits per heavy atom. The van der Waals surface area contributed by atoms with Crippen molar-refractivity contribution in [2.24, 2.45) is 0 Å². The van der Waals surface area contributed by atoms with Gasteiger partial charge in [0.2, 0.25) is 0 Å². The lowest BCUT2D eigenvalue weighted by molar-refractivity contribution is -0.885. The highest BCUT2D eigenvalue weighted by Gasteiger charge is 2.14. The number of thiazole rings is 1. The SMILES string of the molecule is Cc1ccc(-c2csc(C[NH+](C)CC(=O)NC(C)C)n2)c(C)c1. The summed E-state index contributed by atoms with van der Waals surface area (Å²) >= 11 is 1.66. The van der Waals surface area contributed by atoms with Crippen molar-refractivity contribution in [2.75, 3.05) is 13.6 Å². The molecule has 0 spiro atoms. The zero-order valence-corrected chi connectivity index (χ0v) is 15.4. The van der Waals surface area contributed by atoms with E-state index in [-0.39, 0.29) is 11.9 Å². The number of carbonyl (C=O) groups excluding carboxylic acids is 1. The molecule has 0 aliphatic rings. The number of nitrogens with zero attached hydrogens (tertiary/aromatic N) is 1. The Bertz CT molecular complexity index is 679. The molecule has 1 heterocycles. The quantitative estimate of drug-likeness (QED) is 0.849. The van der Waals surface area contributed by atoms with E-state index in [4.69, 9.17) is 4.98 Å². The van der Waals surface area contributed by atoms with E-state index in [1.54, 1.807) is 11.3 Å². The number of carbonyl (C=O) groups is 1. The van der Waals surface area contributed by atoms with E-state index in [0.29, 0.717) is 6.54 Å². The monoisotopic (exact) mass is 332 g/mol. The molecule has 23 heavy (non-hydrogen) atoms. The number of benzene rings is 1. The molecule has 0 radical (unpaired) electrons. The van der Waals surface area contributed by atoms with Gasteiger partial charge in [-0.25, -0.2) is 4.98 Å². The highest BCUT2D eigenvalue weighted by molar-refractivity contribution is 7.09. The number of hydrogen-bond acceptors (Lipinski definition) is 3. The lowest BCUT2D eigenvalue weighted by Gasteiger charge is -2.13. The van der Waals surface area contributed by atoms with Gasteiger partial charge >= 0.3 is 0 Å². The Balaban J connectivity index is 2.00. The fraction of sp³-hybridized carbons (Fsp3) is 0.444. The summed E-state index contributed by atoms with van der Waals surface area (Å²) in [5.74, 6) is 0.0867. The van der Waals surface area contributed by atoms with E-state index >= 15 is 0 Å². The summed E-state index contributed by atoms with van der Waals surface area (Å²) in [5.41, 5.74) is 4.73. The lowest BCUT2D eigenvalue weighted by Crippen LogP contribution is -3.09. The Morgan fingerprint density at radius 3 is 2.74 bits per heavy atom. The number of likely N-dealkylation sites (N-methyl/N-ethyl adjacent to an activating group) is 1. The van der Waals surface area contributed by atoms with Gasteiger partial charge < -0.3 is 10.2 Å². The maximum atomic E-state index is 11.8. The summed E-state index contributed by atoms with van der Waals surface area (Å²) in [7, 11) is 2.03. The number of amides is 1. The average molecular weight is 332 g/mol. The average Bonchev–Trinajstić information content (AvgIpc) is 2.85. The maximum Gasteiger partial charge on any atom is 0.275 e. The van der Waals surface area contributed by atoms with Gasteiger partial charge in [0.05, 0.1) is 12.7 Å². The van der Waals surface area contributed by atoms with Crippen LogP contribution in [0.15, 0.2) is 23.6 Å². The van der Waals surface area contributed by atoms with Crippen LogP contribution in [0.4, 0.5) is 0 Å². The van der Waals surface area contributed by atoms with Crippen LogP contribution in [0.3, 0.4) is 0 Å². The molecule has 1 amide bonds. The van der Waals surface area contributed by atoms with Gasteiger partial charge in [0, 0.05) is 17.0 Å². The Hall–Kier alpha value is -1.72. The molecule has 0 saturated heterocycles. The van der Waals surface area contributed by atoms with Gasteiger partial charge in [-0.1, -0.05) is 23.8 Å². The summed E-state index contributed by atoms with van der Waals surface area (Å²) in [4.78, 5) is 17.7. The number of rotatable bonds is 6. The Morgan fingerprint density at radius 1 is 1.35 bits per heavy atom. The molecule has 2 N–H and O–H groups in total. The van der Waals surface area contributed by atoms with E-state index in [1.165, 1.54) is 16.7 Å². The zero-order chi connectivity index (χ0) is 17.0. The van der Waals surface area contributed by atoms with Crippen LogP contribution < -0.4 is 10.2 Å². The van der Waals surface area contributed by atoms with Crippen LogP contribution >= 0.6 is 11.3 Å². The van der Waals surface area contributed by atoms with Gasteiger partial charge in [0.25, 0.3) is 5.91 Å². The van der Waals surface area contributed by atoms with Crippen molar-refractivity contribution in [1.82, 2.24) is 10.3 Å². The number of quaternary nitrogens is 1. The molecule has 1 aromatic heterocycles. The molecule has 0 bridgehead atoms. The van der Waals surface area contributed by atoms with Gasteiger partial charge in [-0.3, -0.25) is 4.79 Å². The van der Waals surface area contributed by atoms with Crippen molar-refractivity contribution in [1.29, 1.82) is 0 Å². The second-order valence-electron chi connectivity index (χ2n) is 6.48. The largest absolute Gasteiger partial charge is 0.349 e. The Kier molecular flexibility index (Phi) is 5.91. The normalized spacial score (nSPS) is 12.4. The molecular formula is C18H26N3OS+. The van der Waals surface area contributed by atoms with E-state index in [0.717, 1.165) is 22.1 Å². The minimum atomic E-state index is 0.0867. The second kappa shape index (κ2) is 7.70. The number of nitrogens with one attached hydrogen (secondary N) is 2. The number of hydrogen-bond donors (Lipinski definition) is 2. The van der Waals surface area contributed by atoms with E-state index < -0.39 is 0 Å². The third kappa shape index (κ3) is 5.15. The van der Waals surface area contributed by atoms with Crippen LogP contribution in [0.1, 0.15) is 30.0 Å². The summed E-state index contributed by atoms with van der Waals surface area (Å²) in [6, 6.07) is 6.62.